The van der Waals surface area contributed by atoms with Crippen molar-refractivity contribution in [3.63, 3.8) is 0 Å². The number of allylic oxidation sites excluding steroid dienone is 2. The summed E-state index contributed by atoms with van der Waals surface area (Å²) in [4.78, 5) is 52.1. The number of esters is 2. The average Bonchev–Trinajstić information content (AvgIpc) is 3.16. The van der Waals surface area contributed by atoms with E-state index in [0.29, 0.717) is 24.8 Å². The second-order valence-corrected chi connectivity index (χ2v) is 11.7. The van der Waals surface area contributed by atoms with Crippen molar-refractivity contribution in [3.05, 3.63) is 58.6 Å². The van der Waals surface area contributed by atoms with Gasteiger partial charge in [0.05, 0.1) is 22.6 Å². The van der Waals surface area contributed by atoms with E-state index in [1.165, 1.54) is 18.2 Å². The Balaban J connectivity index is 1.47. The van der Waals surface area contributed by atoms with Crippen molar-refractivity contribution in [1.82, 2.24) is 0 Å². The van der Waals surface area contributed by atoms with Crippen molar-refractivity contribution < 1.29 is 44.0 Å². The average molecular weight is 523 g/mol. The Morgan fingerprint density at radius 1 is 1.05 bits per heavy atom. The van der Waals surface area contributed by atoms with Gasteiger partial charge in [0.2, 0.25) is 11.5 Å². The van der Waals surface area contributed by atoms with Crippen LogP contribution in [0.5, 0.6) is 0 Å². The molecule has 0 spiro atoms. The molecule has 1 aromatic carbocycles. The summed E-state index contributed by atoms with van der Waals surface area (Å²) in [5.41, 5.74) is -3.17. The predicted octanol–water partition coefficient (Wildman–Crippen LogP) is 2.24. The summed E-state index contributed by atoms with van der Waals surface area (Å²) in [6.45, 7) is 2.82. The van der Waals surface area contributed by atoms with Crippen LogP contribution in [0, 0.1) is 28.6 Å². The summed E-state index contributed by atoms with van der Waals surface area (Å²) < 4.78 is 11.5. The first-order valence-corrected chi connectivity index (χ1v) is 13.1. The number of Topliss-reactive ketones (excluding diaryl/α,β-unsaturated/α-hetero) is 1. The zero-order chi connectivity index (χ0) is 27.2. The van der Waals surface area contributed by atoms with E-state index < -0.39 is 58.6 Å². The summed E-state index contributed by atoms with van der Waals surface area (Å²) in [5, 5.41) is 32.7. The fourth-order valence-corrected chi connectivity index (χ4v) is 8.43. The normalized spacial score (nSPS) is 39.8. The Morgan fingerprint density at radius 3 is 2.37 bits per heavy atom. The highest BCUT2D eigenvalue weighted by atomic mass is 16.6. The lowest BCUT2D eigenvalue weighted by atomic mass is 9.45. The standard InChI is InChI=1S/C29H30O9/c1-27-12-20(32)22-17(18(27)9-10-29(27,36)21(33)13-30)8-7-14-11-19(31)23-24(28(14,22)2)38-26(35)16-6-4-3-5-15(16)25(34)37-23/h3-6,11,17-18,20,22,30,32,36H,7-10,12-13H2,1-2H3/t17-,18-,20-,22+,27-,28-,29-/m0/s1. The topological polar surface area (TPSA) is 147 Å². The zero-order valence-electron chi connectivity index (χ0n) is 21.2. The number of hydrogen-bond donors (Lipinski definition) is 3. The van der Waals surface area contributed by atoms with E-state index in [-0.39, 0.29) is 47.3 Å². The maximum Gasteiger partial charge on any atom is 0.344 e. The third-order valence-corrected chi connectivity index (χ3v) is 10.3. The van der Waals surface area contributed by atoms with Gasteiger partial charge in [-0.1, -0.05) is 24.6 Å². The van der Waals surface area contributed by atoms with Crippen molar-refractivity contribution in [1.29, 1.82) is 0 Å². The molecule has 0 saturated heterocycles. The van der Waals surface area contributed by atoms with Gasteiger partial charge in [0.15, 0.2) is 11.5 Å². The number of aliphatic hydroxyl groups excluding tert-OH is 2. The molecule has 9 heteroatoms. The Labute approximate surface area is 219 Å². The minimum Gasteiger partial charge on any atom is -0.422 e. The molecular formula is C29H30O9. The first-order valence-electron chi connectivity index (χ1n) is 13.1. The number of carbonyl (C=O) groups excluding carboxylic acids is 4. The lowest BCUT2D eigenvalue weighted by Crippen LogP contribution is -2.62. The molecule has 1 heterocycles. The Kier molecular flexibility index (Phi) is 5.41. The van der Waals surface area contributed by atoms with Crippen LogP contribution >= 0.6 is 0 Å². The van der Waals surface area contributed by atoms with Gasteiger partial charge in [-0.25, -0.2) is 9.59 Å². The van der Waals surface area contributed by atoms with E-state index >= 15 is 0 Å². The van der Waals surface area contributed by atoms with E-state index in [4.69, 9.17) is 9.47 Å². The second kappa shape index (κ2) is 8.18. The number of benzene rings is 1. The van der Waals surface area contributed by atoms with Crippen LogP contribution in [0.15, 0.2) is 47.4 Å². The lowest BCUT2D eigenvalue weighted by Gasteiger charge is -2.60. The fourth-order valence-electron chi connectivity index (χ4n) is 8.43. The summed E-state index contributed by atoms with van der Waals surface area (Å²) in [7, 11) is 0. The Morgan fingerprint density at radius 2 is 1.71 bits per heavy atom. The minimum atomic E-state index is -1.76. The summed E-state index contributed by atoms with van der Waals surface area (Å²) in [6, 6.07) is 6.06. The molecule has 0 aromatic heterocycles. The first-order chi connectivity index (χ1) is 18.0. The number of rotatable bonds is 2. The Hall–Kier alpha value is -3.14. The molecule has 3 fully saturated rings. The predicted molar refractivity (Wildman–Crippen MR) is 130 cm³/mol. The van der Waals surface area contributed by atoms with Gasteiger partial charge < -0.3 is 24.8 Å². The number of ketones is 2. The van der Waals surface area contributed by atoms with E-state index in [1.54, 1.807) is 26.0 Å². The van der Waals surface area contributed by atoms with Crippen molar-refractivity contribution in [2.24, 2.45) is 28.6 Å². The zero-order valence-corrected chi connectivity index (χ0v) is 21.2. The van der Waals surface area contributed by atoms with Gasteiger partial charge in [0, 0.05) is 11.3 Å². The largest absolute Gasteiger partial charge is 0.422 e. The molecule has 5 aliphatic rings. The third-order valence-electron chi connectivity index (χ3n) is 10.3. The highest BCUT2D eigenvalue weighted by Gasteiger charge is 2.69. The van der Waals surface area contributed by atoms with Gasteiger partial charge in [-0.15, -0.1) is 0 Å². The van der Waals surface area contributed by atoms with Crippen molar-refractivity contribution in [3.8, 4) is 0 Å². The van der Waals surface area contributed by atoms with Crippen molar-refractivity contribution in [2.45, 2.75) is 57.7 Å². The van der Waals surface area contributed by atoms with Gasteiger partial charge in [-0.3, -0.25) is 9.59 Å². The van der Waals surface area contributed by atoms with E-state index in [0.717, 1.165) is 0 Å². The molecule has 3 N–H and O–H groups in total. The molecule has 38 heavy (non-hydrogen) atoms. The van der Waals surface area contributed by atoms with Crippen LogP contribution in [0.2, 0.25) is 0 Å². The molecule has 1 aromatic rings. The van der Waals surface area contributed by atoms with Gasteiger partial charge in [-0.2, -0.15) is 0 Å². The molecule has 9 nitrogen and oxygen atoms in total. The van der Waals surface area contributed by atoms with Crippen LogP contribution in [-0.4, -0.2) is 57.1 Å². The molecular weight excluding hydrogens is 492 g/mol. The number of fused-ring (bicyclic) bond motifs is 7. The minimum absolute atomic E-state index is 0.00874. The first kappa shape index (κ1) is 25.2. The lowest BCUT2D eigenvalue weighted by molar-refractivity contribution is -0.181. The smallest absolute Gasteiger partial charge is 0.344 e. The molecule has 3 saturated carbocycles. The quantitative estimate of drug-likeness (QED) is 0.498. The maximum absolute atomic E-state index is 13.3. The molecule has 0 amide bonds. The summed E-state index contributed by atoms with van der Waals surface area (Å²) >= 11 is 0. The number of carbonyl (C=O) groups is 4. The van der Waals surface area contributed by atoms with E-state index in [9.17, 15) is 34.5 Å². The maximum atomic E-state index is 13.3. The highest BCUT2D eigenvalue weighted by Crippen LogP contribution is 2.68. The molecule has 0 radical (unpaired) electrons. The highest BCUT2D eigenvalue weighted by molar-refractivity contribution is 6.11. The number of aliphatic hydroxyl groups is 3. The van der Waals surface area contributed by atoms with Crippen molar-refractivity contribution in [2.75, 3.05) is 6.61 Å². The van der Waals surface area contributed by atoms with E-state index in [2.05, 4.69) is 0 Å². The number of ether oxygens (including phenoxy) is 2. The second-order valence-electron chi connectivity index (χ2n) is 11.7. The van der Waals surface area contributed by atoms with Gasteiger partial charge >= 0.3 is 11.9 Å². The molecule has 0 bridgehead atoms. The Bertz CT molecular complexity index is 1360. The van der Waals surface area contributed by atoms with Crippen LogP contribution in [-0.2, 0) is 19.1 Å². The molecule has 4 aliphatic carbocycles. The van der Waals surface area contributed by atoms with E-state index in [1.807, 2.05) is 0 Å². The molecule has 0 unspecified atom stereocenters. The molecule has 7 atom stereocenters. The van der Waals surface area contributed by atoms with Crippen LogP contribution in [0.25, 0.3) is 0 Å². The van der Waals surface area contributed by atoms with Crippen LogP contribution < -0.4 is 0 Å². The molecule has 200 valence electrons. The molecule has 1 aliphatic heterocycles. The fraction of sp³-hybridized carbons (Fsp3) is 0.517. The molecule has 6 rings (SSSR count). The van der Waals surface area contributed by atoms with Gasteiger partial charge in [-0.05, 0) is 69.1 Å². The van der Waals surface area contributed by atoms with Crippen LogP contribution in [0.4, 0.5) is 0 Å². The third kappa shape index (κ3) is 3.03. The van der Waals surface area contributed by atoms with Gasteiger partial charge in [0.1, 0.15) is 12.2 Å². The summed E-state index contributed by atoms with van der Waals surface area (Å²) in [5.74, 6) is -4.19. The van der Waals surface area contributed by atoms with Crippen LogP contribution in [0.1, 0.15) is 66.7 Å². The summed E-state index contributed by atoms with van der Waals surface area (Å²) in [6.07, 6.45) is 2.22. The van der Waals surface area contributed by atoms with Gasteiger partial charge in [0.25, 0.3) is 0 Å². The number of hydrogen-bond acceptors (Lipinski definition) is 9. The van der Waals surface area contributed by atoms with Crippen molar-refractivity contribution >= 4 is 23.5 Å². The van der Waals surface area contributed by atoms with Crippen LogP contribution in [0.3, 0.4) is 0 Å². The monoisotopic (exact) mass is 522 g/mol. The SMILES string of the molecule is C[C@@]12C(=CC(=O)C3=C1OC(=O)c1ccccc1C(=O)O3)CC[C@@H]1[C@@H]2[C@@H](O)C[C@@]2(C)[C@H]1CC[C@]2(O)C(=O)CO.